The summed E-state index contributed by atoms with van der Waals surface area (Å²) in [7, 11) is 0. The zero-order valence-corrected chi connectivity index (χ0v) is 14.7. The van der Waals surface area contributed by atoms with Crippen LogP contribution in [0.25, 0.3) is 0 Å². The Balaban J connectivity index is 1.76. The van der Waals surface area contributed by atoms with Crippen LogP contribution in [-0.2, 0) is 10.3 Å². The summed E-state index contributed by atoms with van der Waals surface area (Å²) in [6.07, 6.45) is 1.35. The van der Waals surface area contributed by atoms with Gasteiger partial charge in [0, 0.05) is 0 Å². The molecule has 1 saturated heterocycles. The number of rotatable bonds is 4. The molecule has 4 rings (SSSR count). The molecule has 0 aliphatic carbocycles. The van der Waals surface area contributed by atoms with Crippen molar-refractivity contribution in [3.05, 3.63) is 107 Å². The first-order chi connectivity index (χ1) is 13.6. The van der Waals surface area contributed by atoms with Crippen molar-refractivity contribution in [2.45, 2.75) is 5.54 Å². The number of halogens is 1. The molecule has 28 heavy (non-hydrogen) atoms. The van der Waals surface area contributed by atoms with Crippen LogP contribution < -0.4 is 5.32 Å². The molecule has 0 spiro atoms. The molecule has 0 aromatic heterocycles. The maximum absolute atomic E-state index is 13.4. The van der Waals surface area contributed by atoms with E-state index < -0.39 is 17.5 Å². The van der Waals surface area contributed by atoms with E-state index in [1.54, 1.807) is 24.3 Å². The number of nitrogens with zero attached hydrogens (tertiary/aromatic N) is 2. The van der Waals surface area contributed by atoms with Crippen molar-refractivity contribution in [2.75, 3.05) is 0 Å². The van der Waals surface area contributed by atoms with Gasteiger partial charge in [-0.2, -0.15) is 5.10 Å². The molecule has 0 bridgehead atoms. The van der Waals surface area contributed by atoms with Crippen molar-refractivity contribution in [1.82, 2.24) is 10.3 Å². The molecule has 1 N–H and O–H groups in total. The summed E-state index contributed by atoms with van der Waals surface area (Å²) in [5, 5.41) is 7.67. The molecule has 3 aromatic rings. The number of imide groups is 1. The van der Waals surface area contributed by atoms with Crippen LogP contribution in [0.3, 0.4) is 0 Å². The first-order valence-corrected chi connectivity index (χ1v) is 8.68. The van der Waals surface area contributed by atoms with E-state index in [4.69, 9.17) is 0 Å². The van der Waals surface area contributed by atoms with E-state index in [2.05, 4.69) is 10.4 Å². The summed E-state index contributed by atoms with van der Waals surface area (Å²) in [6.45, 7) is 0. The Morgan fingerprint density at radius 3 is 1.89 bits per heavy atom. The molecule has 1 heterocycles. The topological polar surface area (TPSA) is 61.8 Å². The SMILES string of the molecule is O=C1NC(c2ccccc2)(c2ccccc2)C(=O)N1/N=C\c1ccc(F)cc1. The highest BCUT2D eigenvalue weighted by molar-refractivity contribution is 6.09. The summed E-state index contributed by atoms with van der Waals surface area (Å²) < 4.78 is 13.1. The van der Waals surface area contributed by atoms with Crippen molar-refractivity contribution in [3.63, 3.8) is 0 Å². The predicted octanol–water partition coefficient (Wildman–Crippen LogP) is 3.66. The van der Waals surface area contributed by atoms with Gasteiger partial charge in [-0.15, -0.1) is 5.01 Å². The second kappa shape index (κ2) is 7.08. The zero-order valence-electron chi connectivity index (χ0n) is 14.7. The van der Waals surface area contributed by atoms with Crippen LogP contribution in [0.15, 0.2) is 90.0 Å². The first-order valence-electron chi connectivity index (χ1n) is 8.68. The number of carbonyl (C=O) groups is 2. The van der Waals surface area contributed by atoms with Crippen molar-refractivity contribution in [1.29, 1.82) is 0 Å². The Labute approximate surface area is 161 Å². The molecule has 3 amide bonds. The predicted molar refractivity (Wildman–Crippen MR) is 103 cm³/mol. The van der Waals surface area contributed by atoms with Crippen molar-refractivity contribution >= 4 is 18.2 Å². The second-order valence-electron chi connectivity index (χ2n) is 6.33. The highest BCUT2D eigenvalue weighted by Crippen LogP contribution is 2.36. The molecule has 138 valence electrons. The summed E-state index contributed by atoms with van der Waals surface area (Å²) in [4.78, 5) is 26.0. The molecule has 3 aromatic carbocycles. The van der Waals surface area contributed by atoms with Crippen molar-refractivity contribution in [2.24, 2.45) is 5.10 Å². The third-order valence-corrected chi connectivity index (χ3v) is 4.61. The largest absolute Gasteiger partial charge is 0.346 e. The van der Waals surface area contributed by atoms with Crippen LogP contribution >= 0.6 is 0 Å². The van der Waals surface area contributed by atoms with E-state index in [9.17, 15) is 14.0 Å². The van der Waals surface area contributed by atoms with E-state index in [1.165, 1.54) is 30.5 Å². The number of hydrazone groups is 1. The summed E-state index contributed by atoms with van der Waals surface area (Å²) in [5.74, 6) is -0.882. The fourth-order valence-electron chi connectivity index (χ4n) is 3.23. The van der Waals surface area contributed by atoms with Crippen molar-refractivity contribution < 1.29 is 14.0 Å². The van der Waals surface area contributed by atoms with E-state index in [-0.39, 0.29) is 5.82 Å². The van der Waals surface area contributed by atoms with Crippen molar-refractivity contribution in [3.8, 4) is 0 Å². The van der Waals surface area contributed by atoms with E-state index in [0.717, 1.165) is 5.01 Å². The van der Waals surface area contributed by atoms with E-state index in [0.29, 0.717) is 16.7 Å². The number of carbonyl (C=O) groups excluding carboxylic acids is 2. The second-order valence-corrected chi connectivity index (χ2v) is 6.33. The molecule has 1 aliphatic heterocycles. The summed E-state index contributed by atoms with van der Waals surface area (Å²) in [6, 6.07) is 23.0. The summed E-state index contributed by atoms with van der Waals surface area (Å²) in [5.41, 5.74) is 0.483. The highest BCUT2D eigenvalue weighted by Gasteiger charge is 2.54. The summed E-state index contributed by atoms with van der Waals surface area (Å²) >= 11 is 0. The lowest BCUT2D eigenvalue weighted by atomic mass is 9.83. The number of nitrogens with one attached hydrogen (secondary N) is 1. The number of urea groups is 1. The van der Waals surface area contributed by atoms with Crippen LogP contribution in [0.4, 0.5) is 9.18 Å². The van der Waals surface area contributed by atoms with Gasteiger partial charge < -0.3 is 5.32 Å². The lowest BCUT2D eigenvalue weighted by Gasteiger charge is -2.27. The van der Waals surface area contributed by atoms with Gasteiger partial charge in [-0.3, -0.25) is 4.79 Å². The standard InChI is InChI=1S/C22H16FN3O2/c23-19-13-11-16(12-14-19)15-24-26-20(27)22(25-21(26)28,17-7-3-1-4-8-17)18-9-5-2-6-10-18/h1-15H,(H,25,28)/b24-15-. The van der Waals surface area contributed by atoms with Gasteiger partial charge in [0.2, 0.25) is 0 Å². The van der Waals surface area contributed by atoms with Gasteiger partial charge in [-0.25, -0.2) is 9.18 Å². The van der Waals surface area contributed by atoms with E-state index in [1.807, 2.05) is 36.4 Å². The quantitative estimate of drug-likeness (QED) is 0.560. The molecule has 5 nitrogen and oxygen atoms in total. The molecule has 0 saturated carbocycles. The monoisotopic (exact) mass is 373 g/mol. The number of amides is 3. The molecule has 0 unspecified atom stereocenters. The van der Waals surface area contributed by atoms with Gasteiger partial charge in [-0.1, -0.05) is 72.8 Å². The molecule has 1 fully saturated rings. The molecular formula is C22H16FN3O2. The van der Waals surface area contributed by atoms with Crippen LogP contribution in [0, 0.1) is 5.82 Å². The minimum atomic E-state index is -1.36. The Kier molecular flexibility index (Phi) is 4.45. The number of benzene rings is 3. The third kappa shape index (κ3) is 2.95. The lowest BCUT2D eigenvalue weighted by Crippen LogP contribution is -2.44. The van der Waals surface area contributed by atoms with Crippen LogP contribution in [0.1, 0.15) is 16.7 Å². The Bertz CT molecular complexity index is 995. The Morgan fingerprint density at radius 2 is 1.36 bits per heavy atom. The van der Waals surface area contributed by atoms with Crippen LogP contribution in [0.5, 0.6) is 0 Å². The molecule has 0 atom stereocenters. The number of hydrogen-bond donors (Lipinski definition) is 1. The molecule has 1 aliphatic rings. The van der Waals surface area contributed by atoms with Crippen LogP contribution in [-0.4, -0.2) is 23.2 Å². The molecule has 0 radical (unpaired) electrons. The average Bonchev–Trinajstić information content (AvgIpc) is 3.00. The Hall–Kier alpha value is -3.80. The highest BCUT2D eigenvalue weighted by atomic mass is 19.1. The fourth-order valence-corrected chi connectivity index (χ4v) is 3.23. The fraction of sp³-hybridized carbons (Fsp3) is 0.0455. The van der Waals surface area contributed by atoms with Gasteiger partial charge >= 0.3 is 6.03 Å². The maximum Gasteiger partial charge on any atom is 0.346 e. The smallest absolute Gasteiger partial charge is 0.314 e. The van der Waals surface area contributed by atoms with Gasteiger partial charge in [-0.05, 0) is 28.8 Å². The van der Waals surface area contributed by atoms with Gasteiger partial charge in [0.1, 0.15) is 5.82 Å². The first kappa shape index (κ1) is 17.6. The Morgan fingerprint density at radius 1 is 0.821 bits per heavy atom. The normalized spacial score (nSPS) is 15.8. The average molecular weight is 373 g/mol. The minimum Gasteiger partial charge on any atom is -0.314 e. The zero-order chi connectivity index (χ0) is 19.6. The number of hydrogen-bond acceptors (Lipinski definition) is 3. The van der Waals surface area contributed by atoms with Gasteiger partial charge in [0.15, 0.2) is 5.54 Å². The third-order valence-electron chi connectivity index (χ3n) is 4.61. The molecular weight excluding hydrogens is 357 g/mol. The minimum absolute atomic E-state index is 0.376. The lowest BCUT2D eigenvalue weighted by molar-refractivity contribution is -0.130. The van der Waals surface area contributed by atoms with E-state index >= 15 is 0 Å². The van der Waals surface area contributed by atoms with Gasteiger partial charge in [0.25, 0.3) is 5.91 Å². The van der Waals surface area contributed by atoms with Gasteiger partial charge in [0.05, 0.1) is 6.21 Å². The van der Waals surface area contributed by atoms with Crippen LogP contribution in [0.2, 0.25) is 0 Å². The molecule has 6 heteroatoms. The maximum atomic E-state index is 13.4.